The molecule has 2 nitrogen and oxygen atoms in total. The number of rotatable bonds is 3. The van der Waals surface area contributed by atoms with Crippen LogP contribution in [0.25, 0.3) is 0 Å². The van der Waals surface area contributed by atoms with Gasteiger partial charge in [-0.3, -0.25) is 4.79 Å². The summed E-state index contributed by atoms with van der Waals surface area (Å²) in [6.45, 7) is 2.10. The van der Waals surface area contributed by atoms with Gasteiger partial charge in [0.1, 0.15) is 0 Å². The highest BCUT2D eigenvalue weighted by molar-refractivity contribution is 6.33. The minimum atomic E-state index is 0.0185. The Morgan fingerprint density at radius 3 is 2.62 bits per heavy atom. The van der Waals surface area contributed by atoms with Crippen LogP contribution in [-0.4, -0.2) is 23.9 Å². The Labute approximate surface area is 101 Å². The van der Waals surface area contributed by atoms with E-state index in [2.05, 4.69) is 6.92 Å². The molecule has 3 heteroatoms. The molecule has 0 N–H and O–H groups in total. The molecular formula is C13H16ClNO. The molecule has 1 aromatic carbocycles. The maximum absolute atomic E-state index is 12.2. The number of carbonyl (C=O) groups excluding carboxylic acids is 1. The van der Waals surface area contributed by atoms with Crippen molar-refractivity contribution in [2.24, 2.45) is 5.92 Å². The normalized spacial score (nSPS) is 16.9. The zero-order valence-corrected chi connectivity index (χ0v) is 10.4. The predicted molar refractivity (Wildman–Crippen MR) is 65.7 cm³/mol. The van der Waals surface area contributed by atoms with Gasteiger partial charge in [0.2, 0.25) is 0 Å². The van der Waals surface area contributed by atoms with Crippen molar-refractivity contribution in [3.05, 3.63) is 34.9 Å². The van der Waals surface area contributed by atoms with Crippen molar-refractivity contribution in [3.8, 4) is 0 Å². The number of benzene rings is 1. The van der Waals surface area contributed by atoms with Crippen LogP contribution in [0.2, 0.25) is 5.02 Å². The molecule has 0 aromatic heterocycles. The smallest absolute Gasteiger partial charge is 0.255 e. The molecule has 2 rings (SSSR count). The fourth-order valence-electron chi connectivity index (χ4n) is 1.90. The predicted octanol–water partition coefficient (Wildman–Crippen LogP) is 3.21. The second-order valence-electron chi connectivity index (χ2n) is 4.47. The van der Waals surface area contributed by atoms with E-state index in [1.165, 1.54) is 12.8 Å². The molecule has 0 saturated heterocycles. The van der Waals surface area contributed by atoms with E-state index >= 15 is 0 Å². The van der Waals surface area contributed by atoms with Gasteiger partial charge in [-0.05, 0) is 37.8 Å². The zero-order chi connectivity index (χ0) is 11.7. The van der Waals surface area contributed by atoms with Gasteiger partial charge in [0.25, 0.3) is 5.91 Å². The number of hydrogen-bond donors (Lipinski definition) is 0. The lowest BCUT2D eigenvalue weighted by Gasteiger charge is -2.25. The monoisotopic (exact) mass is 237 g/mol. The lowest BCUT2D eigenvalue weighted by molar-refractivity contribution is 0.0727. The topological polar surface area (TPSA) is 20.3 Å². The van der Waals surface area contributed by atoms with Crippen LogP contribution in [0.3, 0.4) is 0 Å². The molecule has 86 valence electrons. The Hall–Kier alpha value is -1.02. The van der Waals surface area contributed by atoms with Gasteiger partial charge in [-0.1, -0.05) is 23.7 Å². The SMILES string of the molecule is CC(C1CC1)N(C)C(=O)c1ccccc1Cl. The third-order valence-corrected chi connectivity index (χ3v) is 3.67. The Bertz CT molecular complexity index is 401. The molecule has 1 saturated carbocycles. The molecule has 1 atom stereocenters. The maximum Gasteiger partial charge on any atom is 0.255 e. The quantitative estimate of drug-likeness (QED) is 0.791. The van der Waals surface area contributed by atoms with E-state index in [-0.39, 0.29) is 5.91 Å². The van der Waals surface area contributed by atoms with Crippen LogP contribution in [-0.2, 0) is 0 Å². The first-order valence-corrected chi connectivity index (χ1v) is 6.00. The average molecular weight is 238 g/mol. The van der Waals surface area contributed by atoms with Crippen LogP contribution in [0.4, 0.5) is 0 Å². The molecule has 0 aliphatic heterocycles. The second kappa shape index (κ2) is 4.46. The highest BCUT2D eigenvalue weighted by atomic mass is 35.5. The molecule has 0 radical (unpaired) electrons. The van der Waals surface area contributed by atoms with Gasteiger partial charge in [0.05, 0.1) is 10.6 Å². The van der Waals surface area contributed by atoms with Gasteiger partial charge in [0.15, 0.2) is 0 Å². The molecular weight excluding hydrogens is 222 g/mol. The number of halogens is 1. The summed E-state index contributed by atoms with van der Waals surface area (Å²) in [6, 6.07) is 7.52. The number of nitrogens with zero attached hydrogens (tertiary/aromatic N) is 1. The summed E-state index contributed by atoms with van der Waals surface area (Å²) in [7, 11) is 1.86. The number of hydrogen-bond acceptors (Lipinski definition) is 1. The number of amides is 1. The molecule has 1 unspecified atom stereocenters. The zero-order valence-electron chi connectivity index (χ0n) is 9.61. The summed E-state index contributed by atoms with van der Waals surface area (Å²) < 4.78 is 0. The van der Waals surface area contributed by atoms with Crippen molar-refractivity contribution in [1.29, 1.82) is 0 Å². The fourth-order valence-corrected chi connectivity index (χ4v) is 2.12. The van der Waals surface area contributed by atoms with Crippen LogP contribution in [0.5, 0.6) is 0 Å². The molecule has 0 heterocycles. The first kappa shape index (κ1) is 11.5. The molecule has 0 bridgehead atoms. The maximum atomic E-state index is 12.2. The van der Waals surface area contributed by atoms with E-state index in [0.29, 0.717) is 22.5 Å². The van der Waals surface area contributed by atoms with Gasteiger partial charge in [-0.15, -0.1) is 0 Å². The van der Waals surface area contributed by atoms with Crippen molar-refractivity contribution in [2.45, 2.75) is 25.8 Å². The standard InChI is InChI=1S/C13H16ClNO/c1-9(10-7-8-10)15(2)13(16)11-5-3-4-6-12(11)14/h3-6,9-10H,7-8H2,1-2H3. The molecule has 1 aliphatic rings. The van der Waals surface area contributed by atoms with Crippen molar-refractivity contribution in [1.82, 2.24) is 4.90 Å². The third kappa shape index (κ3) is 2.22. The van der Waals surface area contributed by atoms with Crippen LogP contribution in [0.15, 0.2) is 24.3 Å². The lowest BCUT2D eigenvalue weighted by atomic mass is 10.1. The van der Waals surface area contributed by atoms with E-state index in [4.69, 9.17) is 11.6 Å². The summed E-state index contributed by atoms with van der Waals surface area (Å²) in [6.07, 6.45) is 2.47. The molecule has 1 fully saturated rings. The van der Waals surface area contributed by atoms with E-state index < -0.39 is 0 Å². The summed E-state index contributed by atoms with van der Waals surface area (Å²) >= 11 is 6.02. The molecule has 1 amide bonds. The van der Waals surface area contributed by atoms with Gasteiger partial charge < -0.3 is 4.90 Å². The fraction of sp³-hybridized carbons (Fsp3) is 0.462. The average Bonchev–Trinajstić information content (AvgIpc) is 3.11. The van der Waals surface area contributed by atoms with Crippen molar-refractivity contribution in [3.63, 3.8) is 0 Å². The third-order valence-electron chi connectivity index (χ3n) is 3.34. The minimum Gasteiger partial charge on any atom is -0.339 e. The number of carbonyl (C=O) groups is 1. The Morgan fingerprint density at radius 1 is 1.44 bits per heavy atom. The van der Waals surface area contributed by atoms with Crippen molar-refractivity contribution >= 4 is 17.5 Å². The molecule has 1 aliphatic carbocycles. The highest BCUT2D eigenvalue weighted by Crippen LogP contribution is 2.35. The summed E-state index contributed by atoms with van der Waals surface area (Å²) in [5.74, 6) is 0.696. The molecule has 16 heavy (non-hydrogen) atoms. The Kier molecular flexibility index (Phi) is 3.20. The molecule has 1 aromatic rings. The van der Waals surface area contributed by atoms with Gasteiger partial charge in [-0.25, -0.2) is 0 Å². The van der Waals surface area contributed by atoms with E-state index in [9.17, 15) is 4.79 Å². The second-order valence-corrected chi connectivity index (χ2v) is 4.88. The van der Waals surface area contributed by atoms with Crippen LogP contribution in [0, 0.1) is 5.92 Å². The van der Waals surface area contributed by atoms with Crippen molar-refractivity contribution < 1.29 is 4.79 Å². The molecule has 0 spiro atoms. The van der Waals surface area contributed by atoms with E-state index in [0.717, 1.165) is 0 Å². The first-order valence-electron chi connectivity index (χ1n) is 5.63. The Balaban J connectivity index is 2.15. The van der Waals surface area contributed by atoms with Crippen LogP contribution < -0.4 is 0 Å². The van der Waals surface area contributed by atoms with Gasteiger partial charge in [-0.2, -0.15) is 0 Å². The first-order chi connectivity index (χ1) is 7.61. The Morgan fingerprint density at radius 2 is 2.06 bits per heavy atom. The van der Waals surface area contributed by atoms with E-state index in [1.54, 1.807) is 17.0 Å². The lowest BCUT2D eigenvalue weighted by Crippen LogP contribution is -2.36. The van der Waals surface area contributed by atoms with Crippen LogP contribution >= 0.6 is 11.6 Å². The van der Waals surface area contributed by atoms with Crippen molar-refractivity contribution in [2.75, 3.05) is 7.05 Å². The highest BCUT2D eigenvalue weighted by Gasteiger charge is 2.33. The minimum absolute atomic E-state index is 0.0185. The van der Waals surface area contributed by atoms with Gasteiger partial charge >= 0.3 is 0 Å². The summed E-state index contributed by atoms with van der Waals surface area (Å²) in [5.41, 5.74) is 0.596. The summed E-state index contributed by atoms with van der Waals surface area (Å²) in [5, 5.41) is 0.530. The van der Waals surface area contributed by atoms with E-state index in [1.807, 2.05) is 19.2 Å². The van der Waals surface area contributed by atoms with Gasteiger partial charge in [0, 0.05) is 13.1 Å². The van der Waals surface area contributed by atoms with Crippen LogP contribution in [0.1, 0.15) is 30.1 Å². The summed E-state index contributed by atoms with van der Waals surface area (Å²) in [4.78, 5) is 14.0. The largest absolute Gasteiger partial charge is 0.339 e.